The van der Waals surface area contributed by atoms with Gasteiger partial charge in [0.15, 0.2) is 11.6 Å². The molecule has 0 fully saturated rings. The van der Waals surface area contributed by atoms with Crippen LogP contribution in [0.5, 0.6) is 5.75 Å². The Hall–Kier alpha value is -2.16. The topological polar surface area (TPSA) is 46.0 Å². The molecule has 23 heavy (non-hydrogen) atoms. The van der Waals surface area contributed by atoms with Gasteiger partial charge < -0.3 is 5.11 Å². The van der Waals surface area contributed by atoms with Crippen molar-refractivity contribution in [2.45, 2.75) is 52.4 Å². The van der Waals surface area contributed by atoms with Gasteiger partial charge in [-0.25, -0.2) is 9.97 Å². The molecule has 0 aliphatic carbocycles. The van der Waals surface area contributed by atoms with E-state index in [0.29, 0.717) is 17.2 Å². The number of nitrogens with zero attached hydrogens (tertiary/aromatic N) is 2. The number of aromatic nitrogens is 2. The van der Waals surface area contributed by atoms with E-state index in [1.807, 2.05) is 71.9 Å². The van der Waals surface area contributed by atoms with E-state index in [1.165, 1.54) is 0 Å². The molecule has 0 amide bonds. The maximum atomic E-state index is 10.7. The Morgan fingerprint density at radius 2 is 1.30 bits per heavy atom. The zero-order chi connectivity index (χ0) is 17.4. The molecule has 1 aromatic heterocycles. The molecule has 1 aromatic carbocycles. The molecule has 2 aromatic rings. The smallest absolute Gasteiger partial charge is 0.160 e. The molecule has 0 atom stereocenters. The highest BCUT2D eigenvalue weighted by Gasteiger charge is 2.29. The van der Waals surface area contributed by atoms with Crippen LogP contribution in [0.15, 0.2) is 36.9 Å². The van der Waals surface area contributed by atoms with Crippen molar-refractivity contribution in [2.24, 2.45) is 0 Å². The van der Waals surface area contributed by atoms with Gasteiger partial charge in [-0.15, -0.1) is 0 Å². The molecule has 1 heterocycles. The molecule has 2 rings (SSSR count). The Labute approximate surface area is 139 Å². The lowest BCUT2D eigenvalue weighted by atomic mass is 9.85. The second-order valence-corrected chi connectivity index (χ2v) is 7.94. The molecule has 3 nitrogen and oxygen atoms in total. The number of rotatable bonds is 2. The van der Waals surface area contributed by atoms with Gasteiger partial charge in [-0.1, -0.05) is 78.5 Å². The minimum atomic E-state index is -0.279. The number of hydrogen-bond acceptors (Lipinski definition) is 3. The summed E-state index contributed by atoms with van der Waals surface area (Å²) in [4.78, 5) is 9.27. The zero-order valence-corrected chi connectivity index (χ0v) is 14.9. The normalized spacial score (nSPS) is 12.3. The van der Waals surface area contributed by atoms with Gasteiger partial charge in [-0.3, -0.25) is 0 Å². The first-order valence-electron chi connectivity index (χ1n) is 7.88. The third-order valence-electron chi connectivity index (χ3n) is 3.70. The summed E-state index contributed by atoms with van der Waals surface area (Å²) in [5.41, 5.74) is 2.51. The number of hydrogen-bond donors (Lipinski definition) is 1. The highest BCUT2D eigenvalue weighted by Crippen LogP contribution is 2.37. The van der Waals surface area contributed by atoms with Crippen LogP contribution in [0.2, 0.25) is 0 Å². The Balaban J connectivity index is 2.68. The molecular formula is C20H26N2O. The standard InChI is InChI=1S/C20H26N2O/c1-13(14-11-9-8-10-12-14)18-21-16(19(2,3)4)15(23)17(22-18)20(5,6)7/h8-12,23H,1H2,2-7H3. The molecule has 3 heteroatoms. The summed E-state index contributed by atoms with van der Waals surface area (Å²) in [5.74, 6) is 0.762. The monoisotopic (exact) mass is 310 g/mol. The van der Waals surface area contributed by atoms with Crippen molar-refractivity contribution in [1.29, 1.82) is 0 Å². The summed E-state index contributed by atoms with van der Waals surface area (Å²) in [6.45, 7) is 16.4. The van der Waals surface area contributed by atoms with Crippen LogP contribution in [-0.4, -0.2) is 15.1 Å². The zero-order valence-electron chi connectivity index (χ0n) is 14.9. The summed E-state index contributed by atoms with van der Waals surface area (Å²) in [6.07, 6.45) is 0. The Bertz CT molecular complexity index is 685. The second-order valence-electron chi connectivity index (χ2n) is 7.94. The largest absolute Gasteiger partial charge is 0.504 e. The van der Waals surface area contributed by atoms with Crippen LogP contribution in [0.3, 0.4) is 0 Å². The van der Waals surface area contributed by atoms with Crippen LogP contribution in [0, 0.1) is 0 Å². The van der Waals surface area contributed by atoms with E-state index in [1.54, 1.807) is 0 Å². The van der Waals surface area contributed by atoms with Crippen LogP contribution in [0.25, 0.3) is 5.57 Å². The summed E-state index contributed by atoms with van der Waals surface area (Å²) >= 11 is 0. The SMILES string of the molecule is C=C(c1ccccc1)c1nc(C(C)(C)C)c(O)c(C(C)(C)C)n1. The molecular weight excluding hydrogens is 284 g/mol. The van der Waals surface area contributed by atoms with Gasteiger partial charge in [0.2, 0.25) is 0 Å². The predicted octanol–water partition coefficient (Wildman–Crippen LogP) is 4.84. The lowest BCUT2D eigenvalue weighted by Crippen LogP contribution is -2.22. The Morgan fingerprint density at radius 1 is 0.870 bits per heavy atom. The van der Waals surface area contributed by atoms with Crippen LogP contribution < -0.4 is 0 Å². The maximum absolute atomic E-state index is 10.7. The summed E-state index contributed by atoms with van der Waals surface area (Å²) in [6, 6.07) is 9.89. The molecule has 122 valence electrons. The van der Waals surface area contributed by atoms with Crippen LogP contribution >= 0.6 is 0 Å². The van der Waals surface area contributed by atoms with Crippen molar-refractivity contribution in [3.63, 3.8) is 0 Å². The van der Waals surface area contributed by atoms with Crippen molar-refractivity contribution in [3.8, 4) is 5.75 Å². The third kappa shape index (κ3) is 3.61. The molecule has 0 aliphatic rings. The summed E-state index contributed by atoms with van der Waals surface area (Å²) < 4.78 is 0. The molecule has 0 unspecified atom stereocenters. The van der Waals surface area contributed by atoms with Gasteiger partial charge in [-0.05, 0) is 5.56 Å². The van der Waals surface area contributed by atoms with E-state index in [0.717, 1.165) is 11.1 Å². The van der Waals surface area contributed by atoms with E-state index in [4.69, 9.17) is 0 Å². The fourth-order valence-corrected chi connectivity index (χ4v) is 2.40. The quantitative estimate of drug-likeness (QED) is 0.863. The Kier molecular flexibility index (Phi) is 4.34. The molecule has 0 aliphatic heterocycles. The highest BCUT2D eigenvalue weighted by molar-refractivity contribution is 5.74. The van der Waals surface area contributed by atoms with Crippen molar-refractivity contribution in [1.82, 2.24) is 9.97 Å². The molecule has 1 N–H and O–H groups in total. The van der Waals surface area contributed by atoms with Crippen molar-refractivity contribution in [3.05, 3.63) is 59.7 Å². The van der Waals surface area contributed by atoms with E-state index >= 15 is 0 Å². The molecule has 0 saturated heterocycles. The van der Waals surface area contributed by atoms with E-state index in [-0.39, 0.29) is 16.6 Å². The molecule has 0 radical (unpaired) electrons. The van der Waals surface area contributed by atoms with Gasteiger partial charge in [0.25, 0.3) is 0 Å². The fraction of sp³-hybridized carbons (Fsp3) is 0.400. The van der Waals surface area contributed by atoms with E-state index in [2.05, 4.69) is 16.5 Å². The van der Waals surface area contributed by atoms with Gasteiger partial charge in [0.05, 0.1) is 11.4 Å². The first-order chi connectivity index (χ1) is 10.5. The number of aromatic hydroxyl groups is 1. The van der Waals surface area contributed by atoms with Gasteiger partial charge in [0, 0.05) is 16.4 Å². The van der Waals surface area contributed by atoms with Crippen molar-refractivity contribution < 1.29 is 5.11 Å². The minimum absolute atomic E-state index is 0.189. The molecule has 0 bridgehead atoms. The van der Waals surface area contributed by atoms with Gasteiger partial charge in [-0.2, -0.15) is 0 Å². The maximum Gasteiger partial charge on any atom is 0.160 e. The lowest BCUT2D eigenvalue weighted by molar-refractivity contribution is 0.406. The van der Waals surface area contributed by atoms with E-state index in [9.17, 15) is 5.11 Å². The van der Waals surface area contributed by atoms with Crippen molar-refractivity contribution >= 4 is 5.57 Å². The Morgan fingerprint density at radius 3 is 1.70 bits per heavy atom. The van der Waals surface area contributed by atoms with Crippen LogP contribution in [-0.2, 0) is 10.8 Å². The lowest BCUT2D eigenvalue weighted by Gasteiger charge is -2.26. The molecule has 0 spiro atoms. The van der Waals surface area contributed by atoms with Crippen LogP contribution in [0.1, 0.15) is 64.3 Å². The van der Waals surface area contributed by atoms with Crippen LogP contribution in [0.4, 0.5) is 0 Å². The fourth-order valence-electron chi connectivity index (χ4n) is 2.40. The highest BCUT2D eigenvalue weighted by atomic mass is 16.3. The van der Waals surface area contributed by atoms with Gasteiger partial charge >= 0.3 is 0 Å². The second kappa shape index (κ2) is 5.80. The van der Waals surface area contributed by atoms with Crippen molar-refractivity contribution in [2.75, 3.05) is 0 Å². The number of benzene rings is 1. The minimum Gasteiger partial charge on any atom is -0.504 e. The average molecular weight is 310 g/mol. The third-order valence-corrected chi connectivity index (χ3v) is 3.70. The predicted molar refractivity (Wildman–Crippen MR) is 95.7 cm³/mol. The first-order valence-corrected chi connectivity index (χ1v) is 7.88. The van der Waals surface area contributed by atoms with E-state index < -0.39 is 0 Å². The summed E-state index contributed by atoms with van der Waals surface area (Å²) in [7, 11) is 0. The first kappa shape index (κ1) is 17.2. The summed E-state index contributed by atoms with van der Waals surface area (Å²) in [5, 5.41) is 10.7. The van der Waals surface area contributed by atoms with Gasteiger partial charge in [0.1, 0.15) is 0 Å². The molecule has 0 saturated carbocycles. The average Bonchev–Trinajstić information content (AvgIpc) is 2.45.